The van der Waals surface area contributed by atoms with E-state index in [-0.39, 0.29) is 12.5 Å². The van der Waals surface area contributed by atoms with Crippen molar-refractivity contribution in [3.63, 3.8) is 0 Å². The summed E-state index contributed by atoms with van der Waals surface area (Å²) in [5, 5.41) is 2.76. The third-order valence-corrected chi connectivity index (χ3v) is 3.96. The number of amides is 1. The highest BCUT2D eigenvalue weighted by molar-refractivity contribution is 5.91. The summed E-state index contributed by atoms with van der Waals surface area (Å²) in [5.41, 5.74) is 1.09. The number of aromatic nitrogens is 2. The Morgan fingerprint density at radius 1 is 1.21 bits per heavy atom. The van der Waals surface area contributed by atoms with Crippen molar-refractivity contribution in [2.75, 3.05) is 29.9 Å². The Bertz CT molecular complexity index is 699. The molecule has 0 bridgehead atoms. The van der Waals surface area contributed by atoms with Crippen molar-refractivity contribution in [3.05, 3.63) is 42.2 Å². The lowest BCUT2D eigenvalue weighted by molar-refractivity contribution is -0.118. The zero-order valence-corrected chi connectivity index (χ0v) is 13.9. The van der Waals surface area contributed by atoms with Crippen LogP contribution in [0, 0.1) is 6.92 Å². The van der Waals surface area contributed by atoms with Gasteiger partial charge in [0.05, 0.1) is 0 Å². The molecule has 6 heteroatoms. The number of ether oxygens (including phenoxy) is 1. The molecule has 0 atom stereocenters. The van der Waals surface area contributed by atoms with E-state index in [1.165, 1.54) is 25.6 Å². The van der Waals surface area contributed by atoms with Crippen molar-refractivity contribution in [2.45, 2.75) is 26.2 Å². The Kier molecular flexibility index (Phi) is 5.25. The number of anilines is 2. The van der Waals surface area contributed by atoms with E-state index in [0.29, 0.717) is 11.6 Å². The van der Waals surface area contributed by atoms with Crippen molar-refractivity contribution in [3.8, 4) is 5.75 Å². The van der Waals surface area contributed by atoms with Gasteiger partial charge in [-0.2, -0.15) is 0 Å². The second kappa shape index (κ2) is 7.77. The number of aryl methyl sites for hydroxylation is 1. The molecule has 2 aromatic rings. The lowest BCUT2D eigenvalue weighted by Crippen LogP contribution is -2.30. The molecule has 24 heavy (non-hydrogen) atoms. The molecule has 6 nitrogen and oxygen atoms in total. The molecule has 126 valence electrons. The van der Waals surface area contributed by atoms with Crippen LogP contribution >= 0.6 is 0 Å². The first kappa shape index (κ1) is 16.2. The zero-order chi connectivity index (χ0) is 16.8. The molecule has 0 radical (unpaired) electrons. The lowest BCUT2D eigenvalue weighted by atomic mass is 10.1. The molecule has 2 heterocycles. The van der Waals surface area contributed by atoms with Crippen molar-refractivity contribution in [1.29, 1.82) is 0 Å². The number of rotatable bonds is 5. The van der Waals surface area contributed by atoms with E-state index in [1.807, 2.05) is 37.3 Å². The van der Waals surface area contributed by atoms with Crippen LogP contribution < -0.4 is 15.0 Å². The Morgan fingerprint density at radius 3 is 2.83 bits per heavy atom. The SMILES string of the molecule is Cc1cccc(OCC(=O)Nc2cc(N3CCCCC3)ncn2)c1. The van der Waals surface area contributed by atoms with Gasteiger partial charge in [0.1, 0.15) is 23.7 Å². The number of nitrogens with zero attached hydrogens (tertiary/aromatic N) is 3. The van der Waals surface area contributed by atoms with Crippen LogP contribution in [0.3, 0.4) is 0 Å². The Balaban J connectivity index is 1.56. The van der Waals surface area contributed by atoms with Gasteiger partial charge >= 0.3 is 0 Å². The van der Waals surface area contributed by atoms with Gasteiger partial charge in [0, 0.05) is 19.2 Å². The van der Waals surface area contributed by atoms with Gasteiger partial charge in [-0.25, -0.2) is 9.97 Å². The van der Waals surface area contributed by atoms with Crippen molar-refractivity contribution >= 4 is 17.5 Å². The van der Waals surface area contributed by atoms with Gasteiger partial charge in [0.2, 0.25) is 0 Å². The predicted octanol–water partition coefficient (Wildman–Crippen LogP) is 2.79. The molecule has 1 N–H and O–H groups in total. The Hall–Kier alpha value is -2.63. The third-order valence-electron chi connectivity index (χ3n) is 3.96. The van der Waals surface area contributed by atoms with E-state index in [2.05, 4.69) is 20.2 Å². The van der Waals surface area contributed by atoms with E-state index < -0.39 is 0 Å². The summed E-state index contributed by atoms with van der Waals surface area (Å²) in [6.45, 7) is 3.93. The van der Waals surface area contributed by atoms with E-state index >= 15 is 0 Å². The molecule has 1 aromatic carbocycles. The first-order valence-corrected chi connectivity index (χ1v) is 8.27. The highest BCUT2D eigenvalue weighted by atomic mass is 16.5. The number of hydrogen-bond acceptors (Lipinski definition) is 5. The van der Waals surface area contributed by atoms with Crippen LogP contribution in [0.5, 0.6) is 5.75 Å². The third kappa shape index (κ3) is 4.44. The average Bonchev–Trinajstić information content (AvgIpc) is 2.61. The van der Waals surface area contributed by atoms with Crippen LogP contribution in [-0.2, 0) is 4.79 Å². The lowest BCUT2D eigenvalue weighted by Gasteiger charge is -2.27. The van der Waals surface area contributed by atoms with Gasteiger partial charge < -0.3 is 15.0 Å². The maximum absolute atomic E-state index is 12.0. The van der Waals surface area contributed by atoms with Crippen LogP contribution in [0.25, 0.3) is 0 Å². The first-order valence-electron chi connectivity index (χ1n) is 8.27. The fraction of sp³-hybridized carbons (Fsp3) is 0.389. The molecule has 0 spiro atoms. The zero-order valence-electron chi connectivity index (χ0n) is 13.9. The van der Waals surface area contributed by atoms with Gasteiger partial charge in [-0.3, -0.25) is 4.79 Å². The molecule has 0 aliphatic carbocycles. The second-order valence-corrected chi connectivity index (χ2v) is 5.96. The number of nitrogens with one attached hydrogen (secondary N) is 1. The second-order valence-electron chi connectivity index (χ2n) is 5.96. The van der Waals surface area contributed by atoms with E-state index in [1.54, 1.807) is 0 Å². The molecule has 1 saturated heterocycles. The topological polar surface area (TPSA) is 67.3 Å². The summed E-state index contributed by atoms with van der Waals surface area (Å²) < 4.78 is 5.50. The van der Waals surface area contributed by atoms with Crippen LogP contribution in [0.15, 0.2) is 36.7 Å². The summed E-state index contributed by atoms with van der Waals surface area (Å²) in [7, 11) is 0. The monoisotopic (exact) mass is 326 g/mol. The number of carbonyl (C=O) groups excluding carboxylic acids is 1. The van der Waals surface area contributed by atoms with Gasteiger partial charge in [-0.15, -0.1) is 0 Å². The van der Waals surface area contributed by atoms with Crippen LogP contribution in [0.4, 0.5) is 11.6 Å². The number of piperidine rings is 1. The maximum Gasteiger partial charge on any atom is 0.263 e. The van der Waals surface area contributed by atoms with E-state index in [9.17, 15) is 4.79 Å². The van der Waals surface area contributed by atoms with Gasteiger partial charge in [0.25, 0.3) is 5.91 Å². The molecule has 1 fully saturated rings. The fourth-order valence-corrected chi connectivity index (χ4v) is 2.74. The minimum absolute atomic E-state index is 0.0491. The van der Waals surface area contributed by atoms with Crippen LogP contribution in [0.2, 0.25) is 0 Å². The van der Waals surface area contributed by atoms with Gasteiger partial charge in [-0.1, -0.05) is 12.1 Å². The highest BCUT2D eigenvalue weighted by Crippen LogP contribution is 2.19. The Labute approximate surface area is 141 Å². The first-order chi connectivity index (χ1) is 11.7. The minimum Gasteiger partial charge on any atom is -0.484 e. The summed E-state index contributed by atoms with van der Waals surface area (Å²) in [6.07, 6.45) is 5.11. The van der Waals surface area contributed by atoms with Crippen LogP contribution in [0.1, 0.15) is 24.8 Å². The number of carbonyl (C=O) groups is 1. The van der Waals surface area contributed by atoms with E-state index in [4.69, 9.17) is 4.74 Å². The summed E-state index contributed by atoms with van der Waals surface area (Å²) in [5.74, 6) is 1.81. The molecular weight excluding hydrogens is 304 g/mol. The van der Waals surface area contributed by atoms with E-state index in [0.717, 1.165) is 24.5 Å². The molecule has 3 rings (SSSR count). The largest absolute Gasteiger partial charge is 0.484 e. The predicted molar refractivity (Wildman–Crippen MR) is 93.4 cm³/mol. The Morgan fingerprint density at radius 2 is 2.04 bits per heavy atom. The molecule has 0 saturated carbocycles. The number of benzene rings is 1. The number of hydrogen-bond donors (Lipinski definition) is 1. The smallest absolute Gasteiger partial charge is 0.263 e. The summed E-state index contributed by atoms with van der Waals surface area (Å²) in [4.78, 5) is 22.7. The molecule has 1 aromatic heterocycles. The standard InChI is InChI=1S/C18H22N4O2/c1-14-6-5-7-15(10-14)24-12-18(23)21-16-11-17(20-13-19-16)22-8-3-2-4-9-22/h5-7,10-11,13H,2-4,8-9,12H2,1H3,(H,19,20,21,23). The highest BCUT2D eigenvalue weighted by Gasteiger charge is 2.13. The average molecular weight is 326 g/mol. The molecule has 1 aliphatic rings. The van der Waals surface area contributed by atoms with Crippen molar-refractivity contribution < 1.29 is 9.53 Å². The minimum atomic E-state index is -0.236. The summed E-state index contributed by atoms with van der Waals surface area (Å²) in [6, 6.07) is 9.43. The molecular formula is C18H22N4O2. The van der Waals surface area contributed by atoms with Gasteiger partial charge in [-0.05, 0) is 43.9 Å². The normalized spacial score (nSPS) is 14.3. The quantitative estimate of drug-likeness (QED) is 0.915. The van der Waals surface area contributed by atoms with Gasteiger partial charge in [0.15, 0.2) is 6.61 Å². The van der Waals surface area contributed by atoms with Crippen LogP contribution in [-0.4, -0.2) is 35.6 Å². The maximum atomic E-state index is 12.0. The van der Waals surface area contributed by atoms with Crippen molar-refractivity contribution in [2.24, 2.45) is 0 Å². The molecule has 1 amide bonds. The molecule has 1 aliphatic heterocycles. The summed E-state index contributed by atoms with van der Waals surface area (Å²) >= 11 is 0. The van der Waals surface area contributed by atoms with Crippen molar-refractivity contribution in [1.82, 2.24) is 9.97 Å². The fourth-order valence-electron chi connectivity index (χ4n) is 2.74. The molecule has 0 unspecified atom stereocenters.